The van der Waals surface area contributed by atoms with E-state index >= 15 is 0 Å². The fraction of sp³-hybridized carbons (Fsp3) is 0.619. The molecule has 0 aliphatic heterocycles. The van der Waals surface area contributed by atoms with Crippen LogP contribution in [0.4, 0.5) is 0 Å². The minimum Gasteiger partial charge on any atom is -0.466 e. The molecule has 4 bridgehead atoms. The van der Waals surface area contributed by atoms with E-state index in [2.05, 4.69) is 24.3 Å². The molecule has 0 heterocycles. The van der Waals surface area contributed by atoms with Crippen LogP contribution in [0, 0.1) is 17.3 Å². The van der Waals surface area contributed by atoms with E-state index in [1.165, 1.54) is 31.9 Å². The van der Waals surface area contributed by atoms with Gasteiger partial charge in [-0.2, -0.15) is 0 Å². The molecule has 0 saturated heterocycles. The third-order valence-electron chi connectivity index (χ3n) is 6.70. The van der Waals surface area contributed by atoms with Crippen LogP contribution < -0.4 is 0 Å². The van der Waals surface area contributed by atoms with E-state index in [0.717, 1.165) is 19.3 Å². The number of rotatable bonds is 4. The van der Waals surface area contributed by atoms with Crippen molar-refractivity contribution in [3.05, 3.63) is 35.9 Å². The summed E-state index contributed by atoms with van der Waals surface area (Å²) in [5, 5.41) is 0. The first kappa shape index (κ1) is 16.6. The van der Waals surface area contributed by atoms with E-state index in [1.54, 1.807) is 6.92 Å². The molecule has 0 aromatic heterocycles. The average molecular weight is 342 g/mol. The van der Waals surface area contributed by atoms with E-state index in [-0.39, 0.29) is 11.4 Å². The molecule has 4 fully saturated rings. The first-order valence-corrected chi connectivity index (χ1v) is 9.31. The van der Waals surface area contributed by atoms with Crippen LogP contribution in [0.1, 0.15) is 51.0 Å². The second kappa shape index (κ2) is 5.86. The number of esters is 2. The van der Waals surface area contributed by atoms with Crippen molar-refractivity contribution in [3.8, 4) is 0 Å². The van der Waals surface area contributed by atoms with Gasteiger partial charge < -0.3 is 9.47 Å². The Labute approximate surface area is 148 Å². The summed E-state index contributed by atoms with van der Waals surface area (Å²) in [4.78, 5) is 24.7. The molecule has 0 radical (unpaired) electrons. The molecular formula is C21H26O4. The Hall–Kier alpha value is -1.84. The maximum atomic E-state index is 13.1. The van der Waals surface area contributed by atoms with Crippen molar-refractivity contribution in [3.63, 3.8) is 0 Å². The van der Waals surface area contributed by atoms with Crippen LogP contribution in [-0.4, -0.2) is 25.2 Å². The Kier molecular flexibility index (Phi) is 3.89. The lowest BCUT2D eigenvalue weighted by atomic mass is 9.43. The summed E-state index contributed by atoms with van der Waals surface area (Å²) in [6, 6.07) is 10.7. The van der Waals surface area contributed by atoms with Gasteiger partial charge in [0.05, 0.1) is 12.5 Å². The Morgan fingerprint density at radius 3 is 2.32 bits per heavy atom. The monoisotopic (exact) mass is 342 g/mol. The average Bonchev–Trinajstić information content (AvgIpc) is 2.60. The van der Waals surface area contributed by atoms with Gasteiger partial charge in [0.25, 0.3) is 0 Å². The van der Waals surface area contributed by atoms with E-state index in [1.807, 2.05) is 6.07 Å². The molecule has 25 heavy (non-hydrogen) atoms. The van der Waals surface area contributed by atoms with Crippen LogP contribution >= 0.6 is 0 Å². The van der Waals surface area contributed by atoms with Crippen LogP contribution in [0.25, 0.3) is 0 Å². The van der Waals surface area contributed by atoms with Crippen molar-refractivity contribution < 1.29 is 19.1 Å². The maximum Gasteiger partial charge on any atom is 0.346 e. The summed E-state index contributed by atoms with van der Waals surface area (Å²) in [7, 11) is 1.32. The number of benzene rings is 1. The predicted molar refractivity (Wildman–Crippen MR) is 92.8 cm³/mol. The summed E-state index contributed by atoms with van der Waals surface area (Å²) in [5.41, 5.74) is 1.03. The van der Waals surface area contributed by atoms with Crippen molar-refractivity contribution >= 4 is 11.9 Å². The normalized spacial score (nSPS) is 36.7. The van der Waals surface area contributed by atoms with Gasteiger partial charge in [-0.05, 0) is 68.3 Å². The fourth-order valence-corrected chi connectivity index (χ4v) is 6.13. The van der Waals surface area contributed by atoms with Gasteiger partial charge in [-0.15, -0.1) is 0 Å². The number of methoxy groups -OCH3 is 1. The van der Waals surface area contributed by atoms with Crippen molar-refractivity contribution in [2.45, 2.75) is 57.0 Å². The zero-order chi connectivity index (χ0) is 17.7. The number of hydrogen-bond acceptors (Lipinski definition) is 4. The van der Waals surface area contributed by atoms with Crippen LogP contribution in [0.3, 0.4) is 0 Å². The molecule has 4 nitrogen and oxygen atoms in total. The minimum absolute atomic E-state index is 0.0961. The third kappa shape index (κ3) is 2.66. The highest BCUT2D eigenvalue weighted by Crippen LogP contribution is 2.66. The summed E-state index contributed by atoms with van der Waals surface area (Å²) >= 11 is 0. The van der Waals surface area contributed by atoms with Gasteiger partial charge in [0.15, 0.2) is 6.10 Å². The number of hydrogen-bond donors (Lipinski definition) is 0. The molecule has 134 valence electrons. The molecule has 0 spiro atoms. The highest BCUT2D eigenvalue weighted by Gasteiger charge is 2.61. The molecule has 4 saturated carbocycles. The van der Waals surface area contributed by atoms with Crippen LogP contribution in [-0.2, 0) is 24.5 Å². The molecule has 0 N–H and O–H groups in total. The van der Waals surface area contributed by atoms with E-state index in [9.17, 15) is 9.59 Å². The van der Waals surface area contributed by atoms with Gasteiger partial charge in [-0.25, -0.2) is 4.79 Å². The molecule has 4 aliphatic carbocycles. The van der Waals surface area contributed by atoms with Crippen LogP contribution in [0.2, 0.25) is 0 Å². The van der Waals surface area contributed by atoms with Gasteiger partial charge in [0, 0.05) is 0 Å². The van der Waals surface area contributed by atoms with Crippen LogP contribution in [0.5, 0.6) is 0 Å². The summed E-state index contributed by atoms with van der Waals surface area (Å²) < 4.78 is 10.3. The Bertz CT molecular complexity index is 666. The van der Waals surface area contributed by atoms with E-state index < -0.39 is 17.5 Å². The molecule has 1 aromatic rings. The first-order valence-electron chi connectivity index (χ1n) is 9.31. The molecule has 2 unspecified atom stereocenters. The van der Waals surface area contributed by atoms with Crippen molar-refractivity contribution in [1.82, 2.24) is 0 Å². The highest BCUT2D eigenvalue weighted by molar-refractivity contribution is 5.82. The molecule has 5 rings (SSSR count). The first-order chi connectivity index (χ1) is 12.0. The quantitative estimate of drug-likeness (QED) is 0.784. The Balaban J connectivity index is 1.62. The lowest BCUT2D eigenvalue weighted by Gasteiger charge is -2.61. The zero-order valence-electron chi connectivity index (χ0n) is 15.0. The lowest BCUT2D eigenvalue weighted by Crippen LogP contribution is -2.57. The van der Waals surface area contributed by atoms with Gasteiger partial charge in [-0.1, -0.05) is 30.3 Å². The van der Waals surface area contributed by atoms with E-state index in [0.29, 0.717) is 11.8 Å². The molecular weight excluding hydrogens is 316 g/mol. The maximum absolute atomic E-state index is 13.1. The molecule has 0 amide bonds. The van der Waals surface area contributed by atoms with E-state index in [4.69, 9.17) is 9.47 Å². The van der Waals surface area contributed by atoms with Gasteiger partial charge in [0.2, 0.25) is 0 Å². The lowest BCUT2D eigenvalue weighted by molar-refractivity contribution is -0.184. The van der Waals surface area contributed by atoms with Gasteiger partial charge in [-0.3, -0.25) is 4.79 Å². The molecule has 1 aromatic carbocycles. The van der Waals surface area contributed by atoms with Crippen molar-refractivity contribution in [1.29, 1.82) is 0 Å². The number of carbonyl (C=O) groups excluding carboxylic acids is 2. The SMILES string of the molecule is COC(=O)[C@H](C)OC(=O)C12C[C@H]3C[C@@H](C1)CC(c1ccccc1)(C3)C2. The zero-order valence-corrected chi connectivity index (χ0v) is 15.0. The highest BCUT2D eigenvalue weighted by atomic mass is 16.6. The number of ether oxygens (including phenoxy) is 2. The number of carbonyl (C=O) groups is 2. The molecule has 5 atom stereocenters. The van der Waals surface area contributed by atoms with Crippen molar-refractivity contribution in [2.75, 3.05) is 7.11 Å². The van der Waals surface area contributed by atoms with Crippen LogP contribution in [0.15, 0.2) is 30.3 Å². The van der Waals surface area contributed by atoms with Gasteiger partial charge in [0.1, 0.15) is 0 Å². The molecule has 4 aliphatic rings. The van der Waals surface area contributed by atoms with Gasteiger partial charge >= 0.3 is 11.9 Å². The predicted octanol–water partition coefficient (Wildman–Crippen LogP) is 3.63. The standard InChI is InChI=1S/C21H26O4/c1-14(18(22)24-2)25-19(23)21-11-15-8-16(12-21)10-20(9-15,13-21)17-6-4-3-5-7-17/h3-7,14-16H,8-13H2,1-2H3/t14-,15-,16+,20?,21?/m0/s1. The third-order valence-corrected chi connectivity index (χ3v) is 6.70. The Morgan fingerprint density at radius 2 is 1.72 bits per heavy atom. The largest absolute Gasteiger partial charge is 0.466 e. The summed E-state index contributed by atoms with van der Waals surface area (Å²) in [5.74, 6) is 0.487. The smallest absolute Gasteiger partial charge is 0.346 e. The topological polar surface area (TPSA) is 52.6 Å². The minimum atomic E-state index is -0.835. The summed E-state index contributed by atoms with van der Waals surface area (Å²) in [6.45, 7) is 1.59. The second-order valence-corrected chi connectivity index (χ2v) is 8.46. The Morgan fingerprint density at radius 1 is 1.08 bits per heavy atom. The second-order valence-electron chi connectivity index (χ2n) is 8.46. The fourth-order valence-electron chi connectivity index (χ4n) is 6.13. The van der Waals surface area contributed by atoms with Crippen molar-refractivity contribution in [2.24, 2.45) is 17.3 Å². The molecule has 4 heteroatoms. The summed E-state index contributed by atoms with van der Waals surface area (Å²) in [6.07, 6.45) is 5.41.